The zero-order chi connectivity index (χ0) is 24.1. The van der Waals surface area contributed by atoms with Crippen molar-refractivity contribution >= 4 is 17.5 Å². The van der Waals surface area contributed by atoms with E-state index < -0.39 is 5.41 Å². The standard InChI is InChI=1S/C27H27FN2O4/c1-29(33-2)25(31)16-17-27(19-30(26(27)32)23-12-10-22(28)11-13-23)21-8-14-24(15-9-21)34-18-20-6-4-3-5-7-20/h3-15H,16-19H2,1-2H3/t27-/m0/s1. The van der Waals surface area contributed by atoms with Gasteiger partial charge in [0, 0.05) is 25.7 Å². The number of hydrogen-bond donors (Lipinski definition) is 0. The van der Waals surface area contributed by atoms with Crippen molar-refractivity contribution in [3.63, 3.8) is 0 Å². The summed E-state index contributed by atoms with van der Waals surface area (Å²) in [4.78, 5) is 32.4. The number of amides is 2. The van der Waals surface area contributed by atoms with E-state index >= 15 is 0 Å². The summed E-state index contributed by atoms with van der Waals surface area (Å²) in [6, 6.07) is 23.1. The second-order valence-electron chi connectivity index (χ2n) is 8.32. The largest absolute Gasteiger partial charge is 0.489 e. The third-order valence-corrected chi connectivity index (χ3v) is 6.27. The third kappa shape index (κ3) is 4.79. The number of β-lactam (4-membered cyclic amide) rings is 1. The van der Waals surface area contributed by atoms with Crippen LogP contribution < -0.4 is 9.64 Å². The summed E-state index contributed by atoms with van der Waals surface area (Å²) in [6.07, 6.45) is 0.486. The van der Waals surface area contributed by atoms with E-state index in [1.807, 2.05) is 54.6 Å². The molecule has 4 rings (SSSR count). The molecule has 0 spiro atoms. The van der Waals surface area contributed by atoms with Crippen LogP contribution in [0.15, 0.2) is 78.9 Å². The number of benzene rings is 3. The molecule has 0 N–H and O–H groups in total. The predicted octanol–water partition coefficient (Wildman–Crippen LogP) is 4.49. The maximum atomic E-state index is 13.5. The Morgan fingerprint density at radius 1 is 1.03 bits per heavy atom. The molecule has 1 aliphatic rings. The Morgan fingerprint density at radius 3 is 2.32 bits per heavy atom. The summed E-state index contributed by atoms with van der Waals surface area (Å²) in [6.45, 7) is 0.839. The number of ether oxygens (including phenoxy) is 1. The molecule has 1 atom stereocenters. The summed E-state index contributed by atoms with van der Waals surface area (Å²) in [5, 5.41) is 1.16. The van der Waals surface area contributed by atoms with E-state index in [1.54, 1.807) is 24.1 Å². The van der Waals surface area contributed by atoms with Gasteiger partial charge in [0.25, 0.3) is 0 Å². The first-order chi connectivity index (χ1) is 16.4. The fraction of sp³-hybridized carbons (Fsp3) is 0.259. The maximum absolute atomic E-state index is 13.5. The molecule has 0 unspecified atom stereocenters. The molecular formula is C27H27FN2O4. The maximum Gasteiger partial charge on any atom is 0.245 e. The van der Waals surface area contributed by atoms with Crippen molar-refractivity contribution in [1.82, 2.24) is 5.06 Å². The van der Waals surface area contributed by atoms with Gasteiger partial charge in [0.1, 0.15) is 18.2 Å². The van der Waals surface area contributed by atoms with Gasteiger partial charge in [-0.3, -0.25) is 14.4 Å². The number of anilines is 1. The van der Waals surface area contributed by atoms with Crippen LogP contribution >= 0.6 is 0 Å². The van der Waals surface area contributed by atoms with Crippen LogP contribution in [0, 0.1) is 5.82 Å². The lowest BCUT2D eigenvalue weighted by Gasteiger charge is -2.49. The molecule has 0 radical (unpaired) electrons. The first kappa shape index (κ1) is 23.4. The van der Waals surface area contributed by atoms with E-state index in [4.69, 9.17) is 9.57 Å². The topological polar surface area (TPSA) is 59.1 Å². The van der Waals surface area contributed by atoms with Gasteiger partial charge >= 0.3 is 0 Å². The van der Waals surface area contributed by atoms with E-state index in [9.17, 15) is 14.0 Å². The predicted molar refractivity (Wildman–Crippen MR) is 127 cm³/mol. The van der Waals surface area contributed by atoms with E-state index in [2.05, 4.69) is 0 Å². The number of rotatable bonds is 9. The quantitative estimate of drug-likeness (QED) is 0.347. The Balaban J connectivity index is 1.52. The van der Waals surface area contributed by atoms with Gasteiger partial charge in [-0.25, -0.2) is 9.45 Å². The molecule has 0 bridgehead atoms. The minimum atomic E-state index is -0.851. The lowest BCUT2D eigenvalue weighted by atomic mass is 9.69. The van der Waals surface area contributed by atoms with E-state index in [1.165, 1.54) is 19.2 Å². The van der Waals surface area contributed by atoms with E-state index in [-0.39, 0.29) is 24.1 Å². The molecule has 1 aliphatic heterocycles. The Morgan fingerprint density at radius 2 is 1.71 bits per heavy atom. The van der Waals surface area contributed by atoms with E-state index in [0.29, 0.717) is 31.0 Å². The van der Waals surface area contributed by atoms with Crippen LogP contribution in [-0.4, -0.2) is 37.6 Å². The van der Waals surface area contributed by atoms with Gasteiger partial charge in [-0.15, -0.1) is 0 Å². The zero-order valence-corrected chi connectivity index (χ0v) is 19.2. The van der Waals surface area contributed by atoms with Crippen molar-refractivity contribution < 1.29 is 23.6 Å². The molecule has 0 aromatic heterocycles. The Bertz CT molecular complexity index is 1140. The van der Waals surface area contributed by atoms with Crippen molar-refractivity contribution in [2.24, 2.45) is 0 Å². The third-order valence-electron chi connectivity index (χ3n) is 6.27. The van der Waals surface area contributed by atoms with Crippen LogP contribution in [0.2, 0.25) is 0 Å². The zero-order valence-electron chi connectivity index (χ0n) is 19.2. The van der Waals surface area contributed by atoms with Crippen molar-refractivity contribution in [2.45, 2.75) is 24.9 Å². The average Bonchev–Trinajstić information content (AvgIpc) is 2.88. The van der Waals surface area contributed by atoms with Crippen molar-refractivity contribution in [1.29, 1.82) is 0 Å². The van der Waals surface area contributed by atoms with E-state index in [0.717, 1.165) is 16.2 Å². The van der Waals surface area contributed by atoms with Gasteiger partial charge in [-0.05, 0) is 53.9 Å². The fourth-order valence-corrected chi connectivity index (χ4v) is 4.14. The molecule has 34 heavy (non-hydrogen) atoms. The molecule has 0 saturated carbocycles. The minimum Gasteiger partial charge on any atom is -0.489 e. The lowest BCUT2D eigenvalue weighted by Crippen LogP contribution is -2.65. The number of nitrogens with zero attached hydrogens (tertiary/aromatic N) is 2. The van der Waals surface area contributed by atoms with Crippen molar-refractivity contribution in [3.05, 3.63) is 95.8 Å². The van der Waals surface area contributed by atoms with Gasteiger partial charge in [0.15, 0.2) is 0 Å². The summed E-state index contributed by atoms with van der Waals surface area (Å²) >= 11 is 0. The molecule has 1 fully saturated rings. The molecule has 7 heteroatoms. The van der Waals surface area contributed by atoms with Gasteiger partial charge in [0.05, 0.1) is 12.5 Å². The number of carbonyl (C=O) groups excluding carboxylic acids is 2. The van der Waals surface area contributed by atoms with Crippen LogP contribution in [0.3, 0.4) is 0 Å². The highest BCUT2D eigenvalue weighted by Crippen LogP contribution is 2.43. The molecule has 3 aromatic rings. The number of carbonyl (C=O) groups is 2. The summed E-state index contributed by atoms with van der Waals surface area (Å²) < 4.78 is 19.2. The van der Waals surface area contributed by atoms with Gasteiger partial charge < -0.3 is 9.64 Å². The van der Waals surface area contributed by atoms with Crippen molar-refractivity contribution in [2.75, 3.05) is 25.6 Å². The highest BCUT2D eigenvalue weighted by Gasteiger charge is 2.53. The molecule has 6 nitrogen and oxygen atoms in total. The summed E-state index contributed by atoms with van der Waals surface area (Å²) in [5.74, 6) is 0.00467. The molecular weight excluding hydrogens is 435 g/mol. The smallest absolute Gasteiger partial charge is 0.245 e. The molecule has 2 amide bonds. The molecule has 1 saturated heterocycles. The first-order valence-corrected chi connectivity index (χ1v) is 11.1. The molecule has 0 aliphatic carbocycles. The Hall–Kier alpha value is -3.71. The highest BCUT2D eigenvalue weighted by molar-refractivity contribution is 6.08. The normalized spacial score (nSPS) is 17.3. The Labute approximate surface area is 198 Å². The molecule has 176 valence electrons. The number of hydrogen-bond acceptors (Lipinski definition) is 4. The average molecular weight is 463 g/mol. The number of halogens is 1. The first-order valence-electron chi connectivity index (χ1n) is 11.1. The monoisotopic (exact) mass is 462 g/mol. The number of hydroxylamine groups is 2. The van der Waals surface area contributed by atoms with Gasteiger partial charge in [-0.2, -0.15) is 0 Å². The van der Waals surface area contributed by atoms with Gasteiger partial charge in [-0.1, -0.05) is 42.5 Å². The van der Waals surface area contributed by atoms with Crippen LogP contribution in [0.5, 0.6) is 5.75 Å². The van der Waals surface area contributed by atoms with Crippen LogP contribution in [0.4, 0.5) is 10.1 Å². The van der Waals surface area contributed by atoms with Crippen LogP contribution in [-0.2, 0) is 26.4 Å². The minimum absolute atomic E-state index is 0.120. The Kier molecular flexibility index (Phi) is 6.93. The SMILES string of the molecule is CON(C)C(=O)CC[C@@]1(c2ccc(OCc3ccccc3)cc2)CN(c2ccc(F)cc2)C1=O. The fourth-order valence-electron chi connectivity index (χ4n) is 4.14. The molecule has 1 heterocycles. The lowest BCUT2D eigenvalue weighted by molar-refractivity contribution is -0.169. The van der Waals surface area contributed by atoms with Crippen molar-refractivity contribution in [3.8, 4) is 5.75 Å². The van der Waals surface area contributed by atoms with Gasteiger partial charge in [0.2, 0.25) is 11.8 Å². The summed E-state index contributed by atoms with van der Waals surface area (Å²) in [7, 11) is 2.97. The second kappa shape index (κ2) is 10.1. The van der Waals surface area contributed by atoms with Crippen LogP contribution in [0.25, 0.3) is 0 Å². The highest BCUT2D eigenvalue weighted by atomic mass is 19.1. The molecule has 3 aromatic carbocycles. The van der Waals surface area contributed by atoms with Crippen LogP contribution in [0.1, 0.15) is 24.0 Å². The summed E-state index contributed by atoms with van der Waals surface area (Å²) in [5.41, 5.74) is 1.66. The second-order valence-corrected chi connectivity index (χ2v) is 8.32.